The predicted octanol–water partition coefficient (Wildman–Crippen LogP) is 2.71. The molecule has 3 rings (SSSR count). The van der Waals surface area contributed by atoms with Crippen molar-refractivity contribution in [3.05, 3.63) is 48.0 Å². The number of para-hydroxylation sites is 1. The second kappa shape index (κ2) is 5.02. The highest BCUT2D eigenvalue weighted by atomic mass is 16.5. The van der Waals surface area contributed by atoms with Crippen LogP contribution in [-0.4, -0.2) is 16.9 Å². The van der Waals surface area contributed by atoms with Crippen LogP contribution in [0.25, 0.3) is 11.0 Å². The van der Waals surface area contributed by atoms with E-state index in [1.54, 1.807) is 19.6 Å². The summed E-state index contributed by atoms with van der Waals surface area (Å²) in [4.78, 5) is 0. The highest BCUT2D eigenvalue weighted by molar-refractivity contribution is 5.81. The number of fused-ring (bicyclic) bond motifs is 1. The molecule has 0 aliphatic heterocycles. The van der Waals surface area contributed by atoms with Crippen molar-refractivity contribution < 1.29 is 9.15 Å². The zero-order chi connectivity index (χ0) is 14.1. The number of aryl methyl sites for hydroxylation is 1. The van der Waals surface area contributed by atoms with E-state index in [0.717, 1.165) is 28.8 Å². The molecular weight excluding hydrogens is 254 g/mol. The van der Waals surface area contributed by atoms with E-state index in [1.165, 1.54) is 0 Å². The van der Waals surface area contributed by atoms with Crippen molar-refractivity contribution in [1.29, 1.82) is 0 Å². The van der Waals surface area contributed by atoms with Gasteiger partial charge in [0.15, 0.2) is 5.75 Å². The maximum absolute atomic E-state index is 6.42. The SMILES string of the molecule is CCn1ncc(OC)c1C(N)c1coc2ccccc12. The van der Waals surface area contributed by atoms with Gasteiger partial charge in [0.2, 0.25) is 0 Å². The van der Waals surface area contributed by atoms with E-state index in [0.29, 0.717) is 5.75 Å². The molecule has 3 aromatic rings. The van der Waals surface area contributed by atoms with Crippen molar-refractivity contribution in [3.63, 3.8) is 0 Å². The Bertz CT molecular complexity index is 708. The molecule has 0 bridgehead atoms. The topological polar surface area (TPSA) is 66.2 Å². The Kier molecular flexibility index (Phi) is 3.20. The Morgan fingerprint density at radius 2 is 2.20 bits per heavy atom. The van der Waals surface area contributed by atoms with Gasteiger partial charge in [-0.3, -0.25) is 4.68 Å². The fraction of sp³-hybridized carbons (Fsp3) is 0.267. The number of benzene rings is 1. The molecule has 0 aliphatic rings. The van der Waals surface area contributed by atoms with Crippen LogP contribution < -0.4 is 10.5 Å². The quantitative estimate of drug-likeness (QED) is 0.792. The average molecular weight is 271 g/mol. The van der Waals surface area contributed by atoms with Crippen LogP contribution >= 0.6 is 0 Å². The van der Waals surface area contributed by atoms with E-state index in [1.807, 2.05) is 35.9 Å². The second-order valence-corrected chi connectivity index (χ2v) is 4.58. The van der Waals surface area contributed by atoms with Crippen LogP contribution in [-0.2, 0) is 6.54 Å². The molecule has 0 spiro atoms. The lowest BCUT2D eigenvalue weighted by Gasteiger charge is -2.14. The van der Waals surface area contributed by atoms with Crippen molar-refractivity contribution in [2.24, 2.45) is 5.73 Å². The van der Waals surface area contributed by atoms with Crippen LogP contribution in [0.15, 0.2) is 41.1 Å². The van der Waals surface area contributed by atoms with Gasteiger partial charge in [0.1, 0.15) is 11.3 Å². The van der Waals surface area contributed by atoms with E-state index in [-0.39, 0.29) is 6.04 Å². The van der Waals surface area contributed by atoms with Crippen molar-refractivity contribution >= 4 is 11.0 Å². The third kappa shape index (κ3) is 1.87. The molecule has 1 atom stereocenters. The molecule has 0 amide bonds. The molecule has 0 aliphatic carbocycles. The first-order valence-corrected chi connectivity index (χ1v) is 6.57. The first kappa shape index (κ1) is 12.7. The minimum absolute atomic E-state index is 0.337. The van der Waals surface area contributed by atoms with Gasteiger partial charge in [-0.1, -0.05) is 18.2 Å². The monoisotopic (exact) mass is 271 g/mol. The number of rotatable bonds is 4. The maximum atomic E-state index is 6.42. The molecule has 1 aromatic carbocycles. The number of ether oxygens (including phenoxy) is 1. The van der Waals surface area contributed by atoms with Crippen LogP contribution in [0.3, 0.4) is 0 Å². The van der Waals surface area contributed by atoms with Crippen LogP contribution in [0, 0.1) is 0 Å². The summed E-state index contributed by atoms with van der Waals surface area (Å²) in [5, 5.41) is 5.32. The first-order chi connectivity index (χ1) is 9.76. The number of aromatic nitrogens is 2. The average Bonchev–Trinajstić information content (AvgIpc) is 3.10. The van der Waals surface area contributed by atoms with Gasteiger partial charge < -0.3 is 14.9 Å². The molecule has 20 heavy (non-hydrogen) atoms. The van der Waals surface area contributed by atoms with Gasteiger partial charge >= 0.3 is 0 Å². The smallest absolute Gasteiger partial charge is 0.161 e. The van der Waals surface area contributed by atoms with Crippen molar-refractivity contribution in [2.45, 2.75) is 19.5 Å². The second-order valence-electron chi connectivity index (χ2n) is 4.58. The molecule has 1 unspecified atom stereocenters. The molecule has 2 aromatic heterocycles. The zero-order valence-corrected chi connectivity index (χ0v) is 11.5. The summed E-state index contributed by atoms with van der Waals surface area (Å²) in [6, 6.07) is 7.52. The molecule has 2 N–H and O–H groups in total. The predicted molar refractivity (Wildman–Crippen MR) is 76.7 cm³/mol. The Hall–Kier alpha value is -2.27. The maximum Gasteiger partial charge on any atom is 0.161 e. The van der Waals surface area contributed by atoms with Gasteiger partial charge in [-0.05, 0) is 13.0 Å². The summed E-state index contributed by atoms with van der Waals surface area (Å²) in [6.45, 7) is 2.76. The first-order valence-electron chi connectivity index (χ1n) is 6.57. The Balaban J connectivity index is 2.13. The summed E-state index contributed by atoms with van der Waals surface area (Å²) in [7, 11) is 1.63. The van der Waals surface area contributed by atoms with Crippen molar-refractivity contribution in [2.75, 3.05) is 7.11 Å². The number of hydrogen-bond acceptors (Lipinski definition) is 4. The third-order valence-electron chi connectivity index (χ3n) is 3.50. The highest BCUT2D eigenvalue weighted by Gasteiger charge is 2.22. The van der Waals surface area contributed by atoms with Crippen molar-refractivity contribution in [3.8, 4) is 5.75 Å². The largest absolute Gasteiger partial charge is 0.493 e. The van der Waals surface area contributed by atoms with E-state index in [9.17, 15) is 0 Å². The number of methoxy groups -OCH3 is 1. The zero-order valence-electron chi connectivity index (χ0n) is 11.5. The van der Waals surface area contributed by atoms with Gasteiger partial charge in [-0.2, -0.15) is 5.10 Å². The lowest BCUT2D eigenvalue weighted by Crippen LogP contribution is -2.17. The lowest BCUT2D eigenvalue weighted by molar-refractivity contribution is 0.404. The van der Waals surface area contributed by atoms with Crippen LogP contribution in [0.2, 0.25) is 0 Å². The Morgan fingerprint density at radius 1 is 1.40 bits per heavy atom. The summed E-state index contributed by atoms with van der Waals surface area (Å²) < 4.78 is 12.8. The Morgan fingerprint density at radius 3 is 2.95 bits per heavy atom. The molecule has 0 fully saturated rings. The third-order valence-corrected chi connectivity index (χ3v) is 3.50. The normalized spacial score (nSPS) is 12.8. The molecule has 104 valence electrons. The number of furan rings is 1. The number of nitrogens with two attached hydrogens (primary N) is 1. The van der Waals surface area contributed by atoms with Gasteiger partial charge in [0.25, 0.3) is 0 Å². The van der Waals surface area contributed by atoms with E-state index >= 15 is 0 Å². The van der Waals surface area contributed by atoms with Gasteiger partial charge in [0, 0.05) is 17.5 Å². The molecule has 5 heteroatoms. The molecule has 0 saturated carbocycles. The summed E-state index contributed by atoms with van der Waals surface area (Å²) in [6.07, 6.45) is 3.41. The summed E-state index contributed by atoms with van der Waals surface area (Å²) in [5.74, 6) is 0.699. The number of nitrogens with zero attached hydrogens (tertiary/aromatic N) is 2. The van der Waals surface area contributed by atoms with Gasteiger partial charge in [-0.25, -0.2) is 0 Å². The molecule has 0 radical (unpaired) electrons. The fourth-order valence-electron chi connectivity index (χ4n) is 2.49. The van der Waals surface area contributed by atoms with E-state index in [4.69, 9.17) is 14.9 Å². The van der Waals surface area contributed by atoms with Crippen LogP contribution in [0.4, 0.5) is 0 Å². The Labute approximate surface area is 116 Å². The van der Waals surface area contributed by atoms with E-state index in [2.05, 4.69) is 5.10 Å². The van der Waals surface area contributed by atoms with E-state index < -0.39 is 0 Å². The number of hydrogen-bond donors (Lipinski definition) is 1. The van der Waals surface area contributed by atoms with Gasteiger partial charge in [-0.15, -0.1) is 0 Å². The fourth-order valence-corrected chi connectivity index (χ4v) is 2.49. The molecule has 5 nitrogen and oxygen atoms in total. The molecular formula is C15H17N3O2. The summed E-state index contributed by atoms with van der Waals surface area (Å²) in [5.41, 5.74) is 9.06. The molecule has 0 saturated heterocycles. The summed E-state index contributed by atoms with van der Waals surface area (Å²) >= 11 is 0. The van der Waals surface area contributed by atoms with Crippen LogP contribution in [0.5, 0.6) is 5.75 Å². The standard InChI is InChI=1S/C15H17N3O2/c1-3-18-15(13(19-2)8-17-18)14(16)11-9-20-12-7-5-4-6-10(11)12/h4-9,14H,3,16H2,1-2H3. The minimum atomic E-state index is -0.337. The lowest BCUT2D eigenvalue weighted by atomic mass is 10.0. The minimum Gasteiger partial charge on any atom is -0.493 e. The molecule has 2 heterocycles. The highest BCUT2D eigenvalue weighted by Crippen LogP contribution is 2.33. The van der Waals surface area contributed by atoms with Crippen molar-refractivity contribution in [1.82, 2.24) is 9.78 Å². The van der Waals surface area contributed by atoms with Crippen LogP contribution in [0.1, 0.15) is 24.2 Å². The van der Waals surface area contributed by atoms with Gasteiger partial charge in [0.05, 0.1) is 25.6 Å².